The highest BCUT2D eigenvalue weighted by atomic mass is 32.2. The van der Waals surface area contributed by atoms with Gasteiger partial charge in [0.25, 0.3) is 5.91 Å². The molecular formula is C13H16F2N2OS. The van der Waals surface area contributed by atoms with E-state index >= 15 is 0 Å². The Balaban J connectivity index is 2.22. The predicted molar refractivity (Wildman–Crippen MR) is 73.8 cm³/mol. The molecular weight excluding hydrogens is 270 g/mol. The lowest BCUT2D eigenvalue weighted by Crippen LogP contribution is -2.38. The highest BCUT2D eigenvalue weighted by Gasteiger charge is 2.21. The summed E-state index contributed by atoms with van der Waals surface area (Å²) < 4.78 is 27.5. The van der Waals surface area contributed by atoms with Gasteiger partial charge in [0.05, 0.1) is 0 Å². The van der Waals surface area contributed by atoms with Crippen LogP contribution in [0.25, 0.3) is 0 Å². The number of carbonyl (C=O) groups is 1. The second kappa shape index (κ2) is 6.23. The van der Waals surface area contributed by atoms with Crippen LogP contribution in [0.1, 0.15) is 17.3 Å². The van der Waals surface area contributed by atoms with Crippen LogP contribution in [0, 0.1) is 11.6 Å². The lowest BCUT2D eigenvalue weighted by Gasteiger charge is -2.26. The van der Waals surface area contributed by atoms with Crippen molar-refractivity contribution in [3.05, 3.63) is 29.3 Å². The van der Waals surface area contributed by atoms with Crippen molar-refractivity contribution in [1.82, 2.24) is 4.90 Å². The van der Waals surface area contributed by atoms with Gasteiger partial charge >= 0.3 is 0 Å². The van der Waals surface area contributed by atoms with Gasteiger partial charge < -0.3 is 10.2 Å². The normalized spacial score (nSPS) is 15.4. The lowest BCUT2D eigenvalue weighted by molar-refractivity contribution is 0.0771. The maximum absolute atomic E-state index is 13.7. The molecule has 1 amide bonds. The van der Waals surface area contributed by atoms with Crippen LogP contribution in [0.4, 0.5) is 14.5 Å². The second-order valence-corrected chi connectivity index (χ2v) is 5.47. The summed E-state index contributed by atoms with van der Waals surface area (Å²) >= 11 is 1.77. The molecule has 1 aliphatic heterocycles. The Kier molecular flexibility index (Phi) is 4.63. The van der Waals surface area contributed by atoms with Crippen molar-refractivity contribution in [3.8, 4) is 0 Å². The highest BCUT2D eigenvalue weighted by molar-refractivity contribution is 7.99. The van der Waals surface area contributed by atoms with E-state index < -0.39 is 11.6 Å². The Morgan fingerprint density at radius 1 is 1.32 bits per heavy atom. The highest BCUT2D eigenvalue weighted by Crippen LogP contribution is 2.22. The van der Waals surface area contributed by atoms with Gasteiger partial charge in [-0.15, -0.1) is 0 Å². The van der Waals surface area contributed by atoms with Crippen LogP contribution in [-0.4, -0.2) is 41.9 Å². The molecule has 0 aliphatic carbocycles. The first-order valence-corrected chi connectivity index (χ1v) is 7.39. The molecule has 3 nitrogen and oxygen atoms in total. The van der Waals surface area contributed by atoms with E-state index in [1.807, 2.05) is 0 Å². The molecule has 1 N–H and O–H groups in total. The standard InChI is InChI=1S/C13H16F2N2OS/c1-2-16-12-10(14)7-9(8-11(12)15)13(18)17-3-5-19-6-4-17/h7-8,16H,2-6H2,1H3. The van der Waals surface area contributed by atoms with E-state index in [0.29, 0.717) is 19.6 Å². The summed E-state index contributed by atoms with van der Waals surface area (Å²) in [6, 6.07) is 2.20. The largest absolute Gasteiger partial charge is 0.381 e. The number of anilines is 1. The number of benzene rings is 1. The van der Waals surface area contributed by atoms with Gasteiger partial charge in [-0.3, -0.25) is 4.79 Å². The fraction of sp³-hybridized carbons (Fsp3) is 0.462. The molecule has 1 saturated heterocycles. The molecule has 0 radical (unpaired) electrons. The number of halogens is 2. The SMILES string of the molecule is CCNc1c(F)cc(C(=O)N2CCSCC2)cc1F. The number of thioether (sulfide) groups is 1. The van der Waals surface area contributed by atoms with Crippen molar-refractivity contribution >= 4 is 23.4 Å². The number of carbonyl (C=O) groups excluding carboxylic acids is 1. The number of hydrogen-bond acceptors (Lipinski definition) is 3. The van der Waals surface area contributed by atoms with E-state index in [9.17, 15) is 13.6 Å². The smallest absolute Gasteiger partial charge is 0.254 e. The first kappa shape index (κ1) is 14.1. The van der Waals surface area contributed by atoms with Gasteiger partial charge in [0.1, 0.15) is 17.3 Å². The third-order valence-corrected chi connectivity index (χ3v) is 3.88. The molecule has 1 aromatic carbocycles. The zero-order chi connectivity index (χ0) is 13.8. The summed E-state index contributed by atoms with van der Waals surface area (Å²) in [6.45, 7) is 3.43. The maximum atomic E-state index is 13.7. The van der Waals surface area contributed by atoms with Gasteiger partial charge in [0, 0.05) is 36.7 Å². The van der Waals surface area contributed by atoms with Gasteiger partial charge in [0.2, 0.25) is 0 Å². The van der Waals surface area contributed by atoms with Gasteiger partial charge in [-0.25, -0.2) is 8.78 Å². The minimum atomic E-state index is -0.725. The Morgan fingerprint density at radius 3 is 2.42 bits per heavy atom. The van der Waals surface area contributed by atoms with Crippen LogP contribution in [0.5, 0.6) is 0 Å². The second-order valence-electron chi connectivity index (χ2n) is 4.25. The van der Waals surface area contributed by atoms with Crippen molar-refractivity contribution in [2.45, 2.75) is 6.92 Å². The van der Waals surface area contributed by atoms with E-state index in [1.54, 1.807) is 23.6 Å². The molecule has 0 unspecified atom stereocenters. The van der Waals surface area contributed by atoms with Gasteiger partial charge in [-0.2, -0.15) is 11.8 Å². The Hall–Kier alpha value is -1.30. The third-order valence-electron chi connectivity index (χ3n) is 2.94. The maximum Gasteiger partial charge on any atom is 0.254 e. The van der Waals surface area contributed by atoms with E-state index in [0.717, 1.165) is 23.6 Å². The lowest BCUT2D eigenvalue weighted by atomic mass is 10.1. The molecule has 1 fully saturated rings. The minimum absolute atomic E-state index is 0.0727. The molecule has 6 heteroatoms. The summed E-state index contributed by atoms with van der Waals surface area (Å²) in [5.74, 6) is -0.0208. The molecule has 0 spiro atoms. The first-order valence-electron chi connectivity index (χ1n) is 6.23. The van der Waals surface area contributed by atoms with E-state index in [2.05, 4.69) is 5.32 Å². The van der Waals surface area contributed by atoms with Gasteiger partial charge in [-0.1, -0.05) is 0 Å². The summed E-state index contributed by atoms with van der Waals surface area (Å²) in [6.07, 6.45) is 0. The number of amides is 1. The van der Waals surface area contributed by atoms with E-state index in [4.69, 9.17) is 0 Å². The number of nitrogens with one attached hydrogen (secondary N) is 1. The number of rotatable bonds is 3. The quantitative estimate of drug-likeness (QED) is 0.927. The topological polar surface area (TPSA) is 32.3 Å². The summed E-state index contributed by atoms with van der Waals surface area (Å²) in [5.41, 5.74) is -0.100. The van der Waals surface area contributed by atoms with E-state index in [1.165, 1.54) is 0 Å². The molecule has 1 aliphatic rings. The molecule has 1 heterocycles. The van der Waals surface area contributed by atoms with Crippen molar-refractivity contribution in [1.29, 1.82) is 0 Å². The van der Waals surface area contributed by atoms with Crippen LogP contribution < -0.4 is 5.32 Å². The molecule has 0 aromatic heterocycles. The molecule has 0 bridgehead atoms. The van der Waals surface area contributed by atoms with E-state index in [-0.39, 0.29) is 17.2 Å². The number of nitrogens with zero attached hydrogens (tertiary/aromatic N) is 1. The number of hydrogen-bond donors (Lipinski definition) is 1. The van der Waals surface area contributed by atoms with Crippen LogP contribution in [0.3, 0.4) is 0 Å². The summed E-state index contributed by atoms with van der Waals surface area (Å²) in [5, 5.41) is 2.61. The van der Waals surface area contributed by atoms with Crippen LogP contribution >= 0.6 is 11.8 Å². The molecule has 1 aromatic rings. The van der Waals surface area contributed by atoms with Crippen molar-refractivity contribution in [3.63, 3.8) is 0 Å². The molecule has 2 rings (SSSR count). The van der Waals surface area contributed by atoms with Gasteiger partial charge in [-0.05, 0) is 19.1 Å². The van der Waals surface area contributed by atoms with Crippen molar-refractivity contribution in [2.24, 2.45) is 0 Å². The first-order chi connectivity index (χ1) is 9.13. The molecule has 0 atom stereocenters. The van der Waals surface area contributed by atoms with Crippen LogP contribution in [0.2, 0.25) is 0 Å². The predicted octanol–water partition coefficient (Wildman–Crippen LogP) is 2.59. The monoisotopic (exact) mass is 286 g/mol. The summed E-state index contributed by atoms with van der Waals surface area (Å²) in [7, 11) is 0. The Morgan fingerprint density at radius 2 is 1.89 bits per heavy atom. The average molecular weight is 286 g/mol. The van der Waals surface area contributed by atoms with Crippen LogP contribution in [0.15, 0.2) is 12.1 Å². The zero-order valence-corrected chi connectivity index (χ0v) is 11.5. The average Bonchev–Trinajstić information content (AvgIpc) is 2.43. The minimum Gasteiger partial charge on any atom is -0.381 e. The fourth-order valence-electron chi connectivity index (χ4n) is 1.99. The molecule has 0 saturated carbocycles. The summed E-state index contributed by atoms with van der Waals surface area (Å²) in [4.78, 5) is 13.8. The van der Waals surface area contributed by atoms with Crippen LogP contribution in [-0.2, 0) is 0 Å². The molecule has 19 heavy (non-hydrogen) atoms. The fourth-order valence-corrected chi connectivity index (χ4v) is 2.89. The Labute approximate surface area is 115 Å². The zero-order valence-electron chi connectivity index (χ0n) is 10.7. The van der Waals surface area contributed by atoms with Gasteiger partial charge in [0.15, 0.2) is 0 Å². The molecule has 104 valence electrons. The van der Waals surface area contributed by atoms with Crippen molar-refractivity contribution in [2.75, 3.05) is 36.5 Å². The third kappa shape index (κ3) is 3.18. The Bertz CT molecular complexity index is 453. The van der Waals surface area contributed by atoms with Crippen molar-refractivity contribution < 1.29 is 13.6 Å².